The molecule has 0 saturated carbocycles. The smallest absolute Gasteiger partial charge is 0.264 e. The maximum Gasteiger partial charge on any atom is 0.264 e. The van der Waals surface area contributed by atoms with Crippen LogP contribution in [0.2, 0.25) is 18.6 Å². The fourth-order valence-corrected chi connectivity index (χ4v) is 8.21. The summed E-state index contributed by atoms with van der Waals surface area (Å²) in [5.41, 5.74) is 6.56. The standard InChI is InChI=1S/C26H32FN3O4Si/c1-5-13-30-21-11-10-19(29-24(32)17-6-8-18(28)9-7-17)15-20(21)26(25(30)33)16(2)23(35(3,4)27)22(34-26)12-14-31/h5-11,15-16,22-23,31H,1,12-14,28H2,2-4H3,(H,29,32)/t16-,22+,23-,26+/m0/s1. The van der Waals surface area contributed by atoms with Gasteiger partial charge >= 0.3 is 0 Å². The van der Waals surface area contributed by atoms with E-state index in [0.717, 1.165) is 0 Å². The van der Waals surface area contributed by atoms with Crippen LogP contribution in [0.25, 0.3) is 0 Å². The molecular weight excluding hydrogens is 465 g/mol. The molecule has 186 valence electrons. The molecule has 9 heteroatoms. The van der Waals surface area contributed by atoms with E-state index in [2.05, 4.69) is 11.9 Å². The van der Waals surface area contributed by atoms with Gasteiger partial charge in [-0.3, -0.25) is 9.59 Å². The summed E-state index contributed by atoms with van der Waals surface area (Å²) >= 11 is 0. The van der Waals surface area contributed by atoms with Crippen LogP contribution in [-0.2, 0) is 15.1 Å². The highest BCUT2D eigenvalue weighted by atomic mass is 28.4. The number of halogens is 1. The van der Waals surface area contributed by atoms with Crippen molar-refractivity contribution >= 4 is 37.3 Å². The van der Waals surface area contributed by atoms with Gasteiger partial charge in [-0.1, -0.05) is 13.0 Å². The number of hydrogen-bond acceptors (Lipinski definition) is 5. The molecule has 0 unspecified atom stereocenters. The zero-order chi connectivity index (χ0) is 25.5. The molecule has 2 aliphatic rings. The Hall–Kier alpha value is -3.01. The SMILES string of the molecule is C=CCN1C(=O)[C@]2(O[C@H](CCO)[C@@H]([Si](C)(C)F)[C@@H]2C)c2cc(NC(=O)c3ccc(N)cc3)ccc21. The number of ether oxygens (including phenoxy) is 1. The van der Waals surface area contributed by atoms with Gasteiger partial charge in [-0.15, -0.1) is 6.58 Å². The van der Waals surface area contributed by atoms with Crippen molar-refractivity contribution in [3.63, 3.8) is 0 Å². The minimum atomic E-state index is -3.27. The highest BCUT2D eigenvalue weighted by molar-refractivity contribution is 6.72. The van der Waals surface area contributed by atoms with Gasteiger partial charge < -0.3 is 29.9 Å². The number of rotatable bonds is 7. The van der Waals surface area contributed by atoms with Gasteiger partial charge in [0.05, 0.1) is 11.8 Å². The van der Waals surface area contributed by atoms with Gasteiger partial charge in [-0.2, -0.15) is 0 Å². The first-order valence-electron chi connectivity index (χ1n) is 11.8. The van der Waals surface area contributed by atoms with Crippen molar-refractivity contribution in [3.05, 3.63) is 66.2 Å². The summed E-state index contributed by atoms with van der Waals surface area (Å²) in [7, 11) is -3.27. The first-order chi connectivity index (χ1) is 16.5. The summed E-state index contributed by atoms with van der Waals surface area (Å²) in [5.74, 6) is -1.06. The summed E-state index contributed by atoms with van der Waals surface area (Å²) in [5, 5.41) is 12.5. The summed E-state index contributed by atoms with van der Waals surface area (Å²) < 4.78 is 22.0. The lowest BCUT2D eigenvalue weighted by Crippen LogP contribution is -2.45. The summed E-state index contributed by atoms with van der Waals surface area (Å²) in [4.78, 5) is 28.3. The van der Waals surface area contributed by atoms with E-state index < -0.39 is 31.6 Å². The lowest BCUT2D eigenvalue weighted by Gasteiger charge is -2.31. The molecule has 1 spiro atoms. The van der Waals surface area contributed by atoms with Crippen molar-refractivity contribution < 1.29 is 23.5 Å². The lowest BCUT2D eigenvalue weighted by molar-refractivity contribution is -0.146. The molecule has 2 heterocycles. The normalized spacial score (nSPS) is 25.7. The van der Waals surface area contributed by atoms with Gasteiger partial charge in [0.1, 0.15) is 0 Å². The number of nitrogens with two attached hydrogens (primary N) is 1. The number of anilines is 3. The van der Waals surface area contributed by atoms with Crippen molar-refractivity contribution in [3.8, 4) is 0 Å². The molecule has 0 radical (unpaired) electrons. The van der Waals surface area contributed by atoms with E-state index in [4.69, 9.17) is 10.5 Å². The van der Waals surface area contributed by atoms with Crippen LogP contribution in [0, 0.1) is 5.92 Å². The number of carbonyl (C=O) groups excluding carboxylic acids is 2. The molecule has 0 aromatic heterocycles. The Morgan fingerprint density at radius 2 is 2.00 bits per heavy atom. The first kappa shape index (κ1) is 25.1. The predicted octanol–water partition coefficient (Wildman–Crippen LogP) is 4.21. The Morgan fingerprint density at radius 3 is 2.60 bits per heavy atom. The molecule has 35 heavy (non-hydrogen) atoms. The number of nitrogens with zero attached hydrogens (tertiary/aromatic N) is 1. The van der Waals surface area contributed by atoms with Crippen molar-refractivity contribution in [1.82, 2.24) is 0 Å². The Bertz CT molecular complexity index is 1150. The number of nitrogen functional groups attached to an aromatic ring is 1. The quantitative estimate of drug-likeness (QED) is 0.230. The third kappa shape index (κ3) is 4.17. The largest absolute Gasteiger partial charge is 0.399 e. The number of aliphatic hydroxyl groups is 1. The zero-order valence-electron chi connectivity index (χ0n) is 20.3. The highest BCUT2D eigenvalue weighted by Crippen LogP contribution is 2.60. The molecule has 1 fully saturated rings. The Kier molecular flexibility index (Phi) is 6.61. The van der Waals surface area contributed by atoms with Gasteiger partial charge in [-0.05, 0) is 62.0 Å². The van der Waals surface area contributed by atoms with E-state index in [0.29, 0.717) is 28.2 Å². The number of aliphatic hydroxyl groups excluding tert-OH is 1. The minimum Gasteiger partial charge on any atom is -0.399 e. The molecule has 2 aromatic carbocycles. The summed E-state index contributed by atoms with van der Waals surface area (Å²) in [6.45, 7) is 8.97. The molecule has 0 aliphatic carbocycles. The molecule has 4 atom stereocenters. The topological polar surface area (TPSA) is 105 Å². The lowest BCUT2D eigenvalue weighted by atomic mass is 9.82. The van der Waals surface area contributed by atoms with Crippen molar-refractivity contribution in [1.29, 1.82) is 0 Å². The molecule has 7 nitrogen and oxygen atoms in total. The van der Waals surface area contributed by atoms with Crippen molar-refractivity contribution in [2.75, 3.05) is 29.1 Å². The van der Waals surface area contributed by atoms with Crippen molar-refractivity contribution in [2.45, 2.75) is 43.7 Å². The van der Waals surface area contributed by atoms with Crippen LogP contribution in [-0.4, -0.2) is 44.6 Å². The van der Waals surface area contributed by atoms with Crippen LogP contribution >= 0.6 is 0 Å². The number of fused-ring (bicyclic) bond motifs is 2. The van der Waals surface area contributed by atoms with E-state index in [-0.39, 0.29) is 31.4 Å². The second-order valence-electron chi connectivity index (χ2n) is 9.80. The molecule has 2 aromatic rings. The molecule has 4 N–H and O–H groups in total. The van der Waals surface area contributed by atoms with Crippen LogP contribution in [0.4, 0.5) is 21.2 Å². The van der Waals surface area contributed by atoms with E-state index >= 15 is 4.11 Å². The van der Waals surface area contributed by atoms with Gasteiger partial charge in [0.25, 0.3) is 11.8 Å². The second-order valence-corrected chi connectivity index (χ2v) is 13.6. The van der Waals surface area contributed by atoms with Crippen LogP contribution in [0.3, 0.4) is 0 Å². The van der Waals surface area contributed by atoms with Gasteiger partial charge in [0, 0.05) is 47.1 Å². The minimum absolute atomic E-state index is 0.163. The van der Waals surface area contributed by atoms with Crippen LogP contribution in [0.5, 0.6) is 0 Å². The fourth-order valence-electron chi connectivity index (χ4n) is 5.67. The second kappa shape index (κ2) is 9.22. The first-order valence-corrected chi connectivity index (χ1v) is 14.7. The van der Waals surface area contributed by atoms with Gasteiger partial charge in [0.2, 0.25) is 8.41 Å². The Morgan fingerprint density at radius 1 is 1.31 bits per heavy atom. The van der Waals surface area contributed by atoms with Crippen molar-refractivity contribution in [2.24, 2.45) is 5.92 Å². The Labute approximate surface area is 205 Å². The van der Waals surface area contributed by atoms with Gasteiger partial charge in [0.15, 0.2) is 5.60 Å². The van der Waals surface area contributed by atoms with E-state index in [1.807, 2.05) is 6.92 Å². The third-order valence-electron chi connectivity index (χ3n) is 7.12. The van der Waals surface area contributed by atoms with E-state index in [1.54, 1.807) is 66.5 Å². The molecule has 2 amide bonds. The fraction of sp³-hybridized carbons (Fsp3) is 0.385. The van der Waals surface area contributed by atoms with Gasteiger partial charge in [-0.25, -0.2) is 0 Å². The Balaban J connectivity index is 1.78. The molecular formula is C26H32FN3O4Si. The molecule has 4 rings (SSSR count). The summed E-state index contributed by atoms with van der Waals surface area (Å²) in [6, 6.07) is 11.8. The van der Waals surface area contributed by atoms with E-state index in [1.165, 1.54) is 0 Å². The van der Waals surface area contributed by atoms with E-state index in [9.17, 15) is 14.7 Å². The highest BCUT2D eigenvalue weighted by Gasteiger charge is 2.66. The maximum atomic E-state index is 15.5. The number of benzene rings is 2. The zero-order valence-corrected chi connectivity index (χ0v) is 21.3. The molecule has 0 bridgehead atoms. The van der Waals surface area contributed by atoms with Crippen LogP contribution in [0.15, 0.2) is 55.1 Å². The summed E-state index contributed by atoms with van der Waals surface area (Å²) in [6.07, 6.45) is 1.29. The average Bonchev–Trinajstić information content (AvgIpc) is 3.22. The number of carbonyl (C=O) groups is 2. The average molecular weight is 498 g/mol. The van der Waals surface area contributed by atoms with Crippen LogP contribution in [0.1, 0.15) is 29.3 Å². The third-order valence-corrected chi connectivity index (χ3v) is 9.57. The number of amides is 2. The number of hydrogen-bond donors (Lipinski definition) is 3. The van der Waals surface area contributed by atoms with Crippen LogP contribution < -0.4 is 16.0 Å². The molecule has 1 saturated heterocycles. The molecule has 2 aliphatic heterocycles. The predicted molar refractivity (Wildman–Crippen MR) is 138 cm³/mol. The maximum absolute atomic E-state index is 15.5. The number of nitrogens with one attached hydrogen (secondary N) is 1. The monoisotopic (exact) mass is 497 g/mol.